The van der Waals surface area contributed by atoms with E-state index in [4.69, 9.17) is 16.7 Å². The quantitative estimate of drug-likeness (QED) is 0.860. The molecule has 1 aromatic carbocycles. The van der Waals surface area contributed by atoms with E-state index in [2.05, 4.69) is 15.9 Å². The number of benzene rings is 1. The zero-order chi connectivity index (χ0) is 16.3. The van der Waals surface area contributed by atoms with Crippen molar-refractivity contribution in [1.29, 1.82) is 0 Å². The summed E-state index contributed by atoms with van der Waals surface area (Å²) in [5.74, 6) is -0.910. The van der Waals surface area contributed by atoms with Crippen LogP contribution in [0.5, 0.6) is 0 Å². The van der Waals surface area contributed by atoms with Crippen LogP contribution in [0.4, 0.5) is 0 Å². The Hall–Kier alpha value is -1.11. The van der Waals surface area contributed by atoms with E-state index in [9.17, 15) is 9.59 Å². The first-order chi connectivity index (χ1) is 10.4. The van der Waals surface area contributed by atoms with Crippen LogP contribution in [0, 0.1) is 0 Å². The minimum atomic E-state index is -0.832. The first-order valence-corrected chi connectivity index (χ1v) is 8.22. The van der Waals surface area contributed by atoms with Crippen LogP contribution >= 0.6 is 27.5 Å². The summed E-state index contributed by atoms with van der Waals surface area (Å²) in [7, 11) is 1.81. The number of aliphatic carboxylic acids is 1. The van der Waals surface area contributed by atoms with Gasteiger partial charge in [-0.05, 0) is 38.1 Å². The molecule has 5 nitrogen and oxygen atoms in total. The summed E-state index contributed by atoms with van der Waals surface area (Å²) in [6.07, 6.45) is 1.53. The zero-order valence-electron chi connectivity index (χ0n) is 12.3. The highest BCUT2D eigenvalue weighted by molar-refractivity contribution is 9.10. The third-order valence-electron chi connectivity index (χ3n) is 3.92. The SMILES string of the molecule is CN(CC(=O)O)C1CCN(C(=O)c2cc(Br)ccc2Cl)CC1. The first-order valence-electron chi connectivity index (χ1n) is 7.05. The summed E-state index contributed by atoms with van der Waals surface area (Å²) in [5.41, 5.74) is 0.494. The van der Waals surface area contributed by atoms with Crippen LogP contribution in [0.1, 0.15) is 23.2 Å². The van der Waals surface area contributed by atoms with Crippen LogP contribution in [0.3, 0.4) is 0 Å². The van der Waals surface area contributed by atoms with Gasteiger partial charge in [0.25, 0.3) is 5.91 Å². The van der Waals surface area contributed by atoms with Gasteiger partial charge < -0.3 is 10.0 Å². The molecule has 1 aliphatic rings. The molecule has 1 saturated heterocycles. The lowest BCUT2D eigenvalue weighted by atomic mass is 10.0. The molecular weight excluding hydrogens is 372 g/mol. The van der Waals surface area contributed by atoms with Gasteiger partial charge in [-0.1, -0.05) is 27.5 Å². The Morgan fingerprint density at radius 3 is 2.64 bits per heavy atom. The molecule has 1 fully saturated rings. The fourth-order valence-electron chi connectivity index (χ4n) is 2.68. The topological polar surface area (TPSA) is 60.9 Å². The molecule has 0 aliphatic carbocycles. The van der Waals surface area contributed by atoms with E-state index >= 15 is 0 Å². The molecule has 1 N–H and O–H groups in total. The van der Waals surface area contributed by atoms with Crippen molar-refractivity contribution in [1.82, 2.24) is 9.80 Å². The molecule has 120 valence electrons. The van der Waals surface area contributed by atoms with Gasteiger partial charge in [0.05, 0.1) is 17.1 Å². The Morgan fingerprint density at radius 1 is 1.41 bits per heavy atom. The maximum atomic E-state index is 12.5. The third kappa shape index (κ3) is 4.21. The van der Waals surface area contributed by atoms with E-state index < -0.39 is 5.97 Å². The molecule has 7 heteroatoms. The summed E-state index contributed by atoms with van der Waals surface area (Å²) in [6, 6.07) is 5.42. The van der Waals surface area contributed by atoms with Gasteiger partial charge >= 0.3 is 5.97 Å². The van der Waals surface area contributed by atoms with E-state index in [-0.39, 0.29) is 18.5 Å². The lowest BCUT2D eigenvalue weighted by Crippen LogP contribution is -2.46. The maximum Gasteiger partial charge on any atom is 0.317 e. The number of hydrogen-bond acceptors (Lipinski definition) is 3. The predicted octanol–water partition coefficient (Wildman–Crippen LogP) is 2.72. The number of hydrogen-bond donors (Lipinski definition) is 1. The van der Waals surface area contributed by atoms with Gasteiger partial charge in [-0.15, -0.1) is 0 Å². The lowest BCUT2D eigenvalue weighted by molar-refractivity contribution is -0.138. The number of carbonyl (C=O) groups excluding carboxylic acids is 1. The Bertz CT molecular complexity index is 574. The minimum Gasteiger partial charge on any atom is -0.480 e. The van der Waals surface area contributed by atoms with Gasteiger partial charge in [0.15, 0.2) is 0 Å². The van der Waals surface area contributed by atoms with E-state index in [0.29, 0.717) is 23.7 Å². The Morgan fingerprint density at radius 2 is 2.05 bits per heavy atom. The van der Waals surface area contributed by atoms with Crippen LogP contribution in [-0.4, -0.2) is 59.5 Å². The van der Waals surface area contributed by atoms with Crippen LogP contribution in [0.15, 0.2) is 22.7 Å². The summed E-state index contributed by atoms with van der Waals surface area (Å²) < 4.78 is 0.816. The highest BCUT2D eigenvalue weighted by Gasteiger charge is 2.27. The van der Waals surface area contributed by atoms with Gasteiger partial charge in [-0.2, -0.15) is 0 Å². The molecule has 0 bridgehead atoms. The van der Waals surface area contributed by atoms with Crippen molar-refractivity contribution in [3.8, 4) is 0 Å². The maximum absolute atomic E-state index is 12.5. The van der Waals surface area contributed by atoms with E-state index in [1.54, 1.807) is 30.1 Å². The molecule has 0 radical (unpaired) electrons. The number of amides is 1. The number of carbonyl (C=O) groups is 2. The van der Waals surface area contributed by atoms with Gasteiger partial charge in [-0.3, -0.25) is 14.5 Å². The minimum absolute atomic E-state index is 0.0239. The second-order valence-corrected chi connectivity index (χ2v) is 6.78. The second kappa shape index (κ2) is 7.44. The number of likely N-dealkylation sites (tertiary alicyclic amines) is 1. The summed E-state index contributed by atoms with van der Waals surface area (Å²) in [4.78, 5) is 26.9. The fraction of sp³-hybridized carbons (Fsp3) is 0.467. The van der Waals surface area contributed by atoms with Gasteiger partial charge in [0, 0.05) is 23.6 Å². The molecule has 0 saturated carbocycles. The fourth-order valence-corrected chi connectivity index (χ4v) is 3.24. The molecule has 1 aliphatic heterocycles. The van der Waals surface area contributed by atoms with E-state index in [1.807, 2.05) is 4.90 Å². The number of halogens is 2. The number of likely N-dealkylation sites (N-methyl/N-ethyl adjacent to an activating group) is 1. The molecule has 0 atom stereocenters. The molecule has 0 spiro atoms. The highest BCUT2D eigenvalue weighted by Crippen LogP contribution is 2.24. The largest absolute Gasteiger partial charge is 0.480 e. The van der Waals surface area contributed by atoms with Crippen molar-refractivity contribution in [3.63, 3.8) is 0 Å². The van der Waals surface area contributed by atoms with Gasteiger partial charge in [0.1, 0.15) is 0 Å². The Labute approximate surface area is 143 Å². The van der Waals surface area contributed by atoms with Crippen molar-refractivity contribution in [2.75, 3.05) is 26.7 Å². The Kier molecular flexibility index (Phi) is 5.83. The summed E-state index contributed by atoms with van der Waals surface area (Å²) >= 11 is 9.45. The average molecular weight is 390 g/mol. The lowest BCUT2D eigenvalue weighted by Gasteiger charge is -2.36. The van der Waals surface area contributed by atoms with Crippen LogP contribution in [0.2, 0.25) is 5.02 Å². The van der Waals surface area contributed by atoms with Gasteiger partial charge in [0.2, 0.25) is 0 Å². The van der Waals surface area contributed by atoms with Crippen LogP contribution in [-0.2, 0) is 4.79 Å². The molecule has 22 heavy (non-hydrogen) atoms. The molecule has 0 unspecified atom stereocenters. The molecule has 1 aromatic rings. The smallest absolute Gasteiger partial charge is 0.317 e. The molecular formula is C15H18BrClN2O3. The third-order valence-corrected chi connectivity index (χ3v) is 4.74. The van der Waals surface area contributed by atoms with E-state index in [1.165, 1.54) is 0 Å². The molecule has 1 amide bonds. The first kappa shape index (κ1) is 17.2. The summed E-state index contributed by atoms with van der Waals surface area (Å²) in [6.45, 7) is 1.24. The van der Waals surface area contributed by atoms with Crippen molar-refractivity contribution in [3.05, 3.63) is 33.3 Å². The number of piperidine rings is 1. The molecule has 0 aromatic heterocycles. The standard InChI is InChI=1S/C15H18BrClN2O3/c1-18(9-14(20)21)11-4-6-19(7-5-11)15(22)12-8-10(16)2-3-13(12)17/h2-3,8,11H,4-7,9H2,1H3,(H,20,21). The summed E-state index contributed by atoms with van der Waals surface area (Å²) in [5, 5.41) is 9.28. The average Bonchev–Trinajstić information content (AvgIpc) is 2.48. The number of carboxylic acid groups (broad SMARTS) is 1. The van der Waals surface area contributed by atoms with Crippen LogP contribution in [0.25, 0.3) is 0 Å². The van der Waals surface area contributed by atoms with Crippen LogP contribution < -0.4 is 0 Å². The van der Waals surface area contributed by atoms with Crippen molar-refractivity contribution in [2.24, 2.45) is 0 Å². The van der Waals surface area contributed by atoms with E-state index in [0.717, 1.165) is 17.3 Å². The normalized spacial score (nSPS) is 16.1. The highest BCUT2D eigenvalue weighted by atomic mass is 79.9. The van der Waals surface area contributed by atoms with Gasteiger partial charge in [-0.25, -0.2) is 0 Å². The van der Waals surface area contributed by atoms with Crippen molar-refractivity contribution < 1.29 is 14.7 Å². The molecule has 2 rings (SSSR count). The number of nitrogens with zero attached hydrogens (tertiary/aromatic N) is 2. The number of carboxylic acids is 1. The second-order valence-electron chi connectivity index (χ2n) is 5.46. The van der Waals surface area contributed by atoms with Crippen molar-refractivity contribution >= 4 is 39.4 Å². The predicted molar refractivity (Wildman–Crippen MR) is 88.3 cm³/mol. The number of rotatable bonds is 4. The van der Waals surface area contributed by atoms with Crippen molar-refractivity contribution in [2.45, 2.75) is 18.9 Å². The zero-order valence-corrected chi connectivity index (χ0v) is 14.6. The Balaban J connectivity index is 1.98. The molecule has 1 heterocycles. The monoisotopic (exact) mass is 388 g/mol.